The van der Waals surface area contributed by atoms with Crippen molar-refractivity contribution >= 4 is 47.1 Å². The number of aromatic nitrogens is 3. The molecule has 3 rings (SSSR count). The summed E-state index contributed by atoms with van der Waals surface area (Å²) in [6.45, 7) is 7.85. The van der Waals surface area contributed by atoms with Crippen LogP contribution in [0, 0.1) is 17.8 Å². The van der Waals surface area contributed by atoms with Gasteiger partial charge >= 0.3 is 5.97 Å². The summed E-state index contributed by atoms with van der Waals surface area (Å²) >= 11 is 8.29. The van der Waals surface area contributed by atoms with Gasteiger partial charge in [-0.25, -0.2) is 9.48 Å². The van der Waals surface area contributed by atoms with Crippen LogP contribution in [0.2, 0.25) is 0 Å². The van der Waals surface area contributed by atoms with E-state index in [4.69, 9.17) is 17.0 Å². The smallest absolute Gasteiger partial charge is 0.338 e. The quantitative estimate of drug-likeness (QED) is 0.155. The van der Waals surface area contributed by atoms with E-state index in [-0.39, 0.29) is 12.4 Å². The number of rotatable bonds is 8. The summed E-state index contributed by atoms with van der Waals surface area (Å²) in [4.78, 5) is 24.9. The highest BCUT2D eigenvalue weighted by Gasteiger charge is 2.17. The molecule has 3 aromatic rings. The van der Waals surface area contributed by atoms with Crippen molar-refractivity contribution < 1.29 is 14.3 Å². The Morgan fingerprint density at radius 3 is 2.60 bits per heavy atom. The van der Waals surface area contributed by atoms with Crippen LogP contribution in [0.5, 0.6) is 0 Å². The third-order valence-corrected chi connectivity index (χ3v) is 6.78. The molecule has 0 unspecified atom stereocenters. The second-order valence-corrected chi connectivity index (χ2v) is 9.16. The third kappa shape index (κ3) is 4.63. The fourth-order valence-electron chi connectivity index (χ4n) is 3.03. The van der Waals surface area contributed by atoms with Crippen molar-refractivity contribution in [2.75, 3.05) is 12.9 Å². The predicted molar refractivity (Wildman–Crippen MR) is 123 cm³/mol. The molecule has 9 heteroatoms. The number of Topliss-reactive ketones (excluding diaryl/α,β-unsaturated/α-hetero) is 1. The molecule has 2 aromatic heterocycles. The van der Waals surface area contributed by atoms with E-state index in [0.717, 1.165) is 21.4 Å². The van der Waals surface area contributed by atoms with E-state index in [9.17, 15) is 9.59 Å². The molecule has 0 fully saturated rings. The van der Waals surface area contributed by atoms with Gasteiger partial charge in [-0.05, 0) is 62.7 Å². The minimum Gasteiger partial charge on any atom is -0.454 e. The van der Waals surface area contributed by atoms with Crippen LogP contribution in [0.4, 0.5) is 0 Å². The molecular formula is C21H21N3O3S3. The van der Waals surface area contributed by atoms with Crippen LogP contribution in [0.25, 0.3) is 5.69 Å². The first-order valence-corrected chi connectivity index (χ1v) is 11.5. The average molecular weight is 460 g/mol. The molecule has 0 aliphatic heterocycles. The van der Waals surface area contributed by atoms with Gasteiger partial charge in [0.15, 0.2) is 14.9 Å². The van der Waals surface area contributed by atoms with Gasteiger partial charge in [-0.3, -0.25) is 4.79 Å². The first-order valence-electron chi connectivity index (χ1n) is 9.08. The number of hydrogen-bond donors (Lipinski definition) is 0. The lowest BCUT2D eigenvalue weighted by molar-refractivity contribution is 0.0474. The Balaban J connectivity index is 1.67. The normalized spacial score (nSPS) is 10.8. The van der Waals surface area contributed by atoms with Gasteiger partial charge in [0.05, 0.1) is 11.3 Å². The number of hydrogen-bond acceptors (Lipinski definition) is 7. The van der Waals surface area contributed by atoms with E-state index < -0.39 is 5.97 Å². The minimum atomic E-state index is -0.554. The van der Waals surface area contributed by atoms with E-state index >= 15 is 0 Å². The molecule has 1 aromatic carbocycles. The summed E-state index contributed by atoms with van der Waals surface area (Å²) < 4.78 is 10.4. The van der Waals surface area contributed by atoms with Crippen LogP contribution >= 0.6 is 35.3 Å². The second-order valence-electron chi connectivity index (χ2n) is 6.48. The first kappa shape index (κ1) is 22.2. The van der Waals surface area contributed by atoms with Gasteiger partial charge in [0.1, 0.15) is 0 Å². The largest absolute Gasteiger partial charge is 0.454 e. The highest BCUT2D eigenvalue weighted by atomic mass is 32.2. The van der Waals surface area contributed by atoms with Gasteiger partial charge < -0.3 is 9.30 Å². The molecule has 0 spiro atoms. The maximum atomic E-state index is 12.5. The lowest BCUT2D eigenvalue weighted by Crippen LogP contribution is -2.15. The number of ketones is 1. The maximum Gasteiger partial charge on any atom is 0.338 e. The van der Waals surface area contributed by atoms with Crippen LogP contribution in [0.15, 0.2) is 47.3 Å². The summed E-state index contributed by atoms with van der Waals surface area (Å²) in [6, 6.07) is 8.59. The molecule has 0 bridgehead atoms. The summed E-state index contributed by atoms with van der Waals surface area (Å²) in [5, 5.41) is 4.42. The number of aryl methyl sites for hydroxylation is 1. The average Bonchev–Trinajstić information content (AvgIpc) is 3.26. The molecule has 0 amide bonds. The topological polar surface area (TPSA) is 66.1 Å². The Morgan fingerprint density at radius 1 is 1.30 bits per heavy atom. The van der Waals surface area contributed by atoms with Crippen molar-refractivity contribution in [2.24, 2.45) is 0 Å². The number of carbonyl (C=O) groups is 2. The Hall–Kier alpha value is -2.49. The number of nitrogens with zero attached hydrogens (tertiary/aromatic N) is 3. The summed E-state index contributed by atoms with van der Waals surface area (Å²) in [5.74, 6) is -0.789. The molecule has 0 aliphatic carbocycles. The number of allylic oxidation sites excluding steroid dienone is 1. The summed E-state index contributed by atoms with van der Waals surface area (Å²) in [5.41, 5.74) is 3.47. The third-order valence-electron chi connectivity index (χ3n) is 4.57. The number of thioether (sulfide) groups is 1. The van der Waals surface area contributed by atoms with Crippen LogP contribution < -0.4 is 0 Å². The Bertz CT molecular complexity index is 1160. The van der Waals surface area contributed by atoms with Crippen molar-refractivity contribution in [3.05, 3.63) is 69.5 Å². The predicted octanol–water partition coefficient (Wildman–Crippen LogP) is 5.03. The van der Waals surface area contributed by atoms with Gasteiger partial charge in [0.2, 0.25) is 5.78 Å². The molecule has 0 radical (unpaired) electrons. The van der Waals surface area contributed by atoms with Crippen molar-refractivity contribution in [1.82, 2.24) is 14.3 Å². The zero-order chi connectivity index (χ0) is 21.8. The molecule has 0 aliphatic rings. The fraction of sp³-hybridized carbons (Fsp3) is 0.238. The Labute approximate surface area is 188 Å². The van der Waals surface area contributed by atoms with E-state index in [1.807, 2.05) is 30.7 Å². The van der Waals surface area contributed by atoms with Gasteiger partial charge in [0.25, 0.3) is 0 Å². The van der Waals surface area contributed by atoms with Crippen LogP contribution in [-0.4, -0.2) is 39.0 Å². The number of esters is 1. The van der Waals surface area contributed by atoms with Gasteiger partial charge in [0, 0.05) is 23.5 Å². The SMILES string of the molecule is C=CCn1c(C)cc(C(=O)COC(=O)c2ccc(-n3nc(SC)sc3=S)cc2)c1C. The van der Waals surface area contributed by atoms with Crippen molar-refractivity contribution in [2.45, 2.75) is 24.7 Å². The van der Waals surface area contributed by atoms with Crippen LogP contribution in [0.1, 0.15) is 32.1 Å². The molecule has 6 nitrogen and oxygen atoms in total. The molecule has 30 heavy (non-hydrogen) atoms. The van der Waals surface area contributed by atoms with Crippen molar-refractivity contribution in [3.63, 3.8) is 0 Å². The highest BCUT2D eigenvalue weighted by molar-refractivity contribution is 8.00. The van der Waals surface area contributed by atoms with E-state index in [1.54, 1.807) is 35.0 Å². The zero-order valence-electron chi connectivity index (χ0n) is 16.9. The molecule has 0 saturated heterocycles. The number of carbonyl (C=O) groups excluding carboxylic acids is 2. The van der Waals surface area contributed by atoms with Gasteiger partial charge in [-0.15, -0.1) is 11.7 Å². The highest BCUT2D eigenvalue weighted by Crippen LogP contribution is 2.22. The van der Waals surface area contributed by atoms with E-state index in [2.05, 4.69) is 11.7 Å². The molecule has 0 N–H and O–H groups in total. The zero-order valence-corrected chi connectivity index (χ0v) is 19.3. The van der Waals surface area contributed by atoms with E-state index in [1.165, 1.54) is 23.1 Å². The van der Waals surface area contributed by atoms with Gasteiger partial charge in [-0.1, -0.05) is 29.2 Å². The molecule has 2 heterocycles. The lowest BCUT2D eigenvalue weighted by Gasteiger charge is -2.07. The van der Waals surface area contributed by atoms with Crippen molar-refractivity contribution in [1.29, 1.82) is 0 Å². The monoisotopic (exact) mass is 459 g/mol. The van der Waals surface area contributed by atoms with Gasteiger partial charge in [-0.2, -0.15) is 0 Å². The van der Waals surface area contributed by atoms with Crippen LogP contribution in [-0.2, 0) is 11.3 Å². The minimum absolute atomic E-state index is 0.234. The van der Waals surface area contributed by atoms with Crippen LogP contribution in [0.3, 0.4) is 0 Å². The van der Waals surface area contributed by atoms with Crippen molar-refractivity contribution in [3.8, 4) is 5.69 Å². The number of ether oxygens (including phenoxy) is 1. The second kappa shape index (κ2) is 9.55. The summed E-state index contributed by atoms with van der Waals surface area (Å²) in [7, 11) is 0. The maximum absolute atomic E-state index is 12.5. The lowest BCUT2D eigenvalue weighted by atomic mass is 10.1. The van der Waals surface area contributed by atoms with E-state index in [0.29, 0.717) is 21.6 Å². The molecule has 0 saturated carbocycles. The number of benzene rings is 1. The molecular weight excluding hydrogens is 438 g/mol. The summed E-state index contributed by atoms with van der Waals surface area (Å²) in [6.07, 6.45) is 3.72. The molecule has 0 atom stereocenters. The standard InChI is InChI=1S/C21H21N3O3S3/c1-5-10-23-13(2)11-17(14(23)3)18(25)12-27-19(26)15-6-8-16(9-7-15)24-21(28)30-20(22-24)29-4/h5-9,11H,1,10,12H2,2-4H3. The Kier molecular flexibility index (Phi) is 7.06. The molecule has 156 valence electrons. The fourth-order valence-corrected chi connectivity index (χ4v) is 4.81. The Morgan fingerprint density at radius 2 is 2.00 bits per heavy atom. The first-order chi connectivity index (χ1) is 14.3.